The highest BCUT2D eigenvalue weighted by Gasteiger charge is 2.67. The molecule has 5 rings (SSSR count). The first-order chi connectivity index (χ1) is 20.6. The van der Waals surface area contributed by atoms with Gasteiger partial charge < -0.3 is 9.84 Å². The highest BCUT2D eigenvalue weighted by atomic mass is 35.5. The molecule has 0 amide bonds. The van der Waals surface area contributed by atoms with Gasteiger partial charge in [0.1, 0.15) is 11.7 Å². The van der Waals surface area contributed by atoms with Crippen molar-refractivity contribution in [3.63, 3.8) is 0 Å². The van der Waals surface area contributed by atoms with Crippen LogP contribution in [0.3, 0.4) is 0 Å². The molecule has 0 spiro atoms. The summed E-state index contributed by atoms with van der Waals surface area (Å²) in [5, 5.41) is 14.5. The molecule has 0 radical (unpaired) electrons. The van der Waals surface area contributed by atoms with Gasteiger partial charge in [0, 0.05) is 49.3 Å². The zero-order valence-electron chi connectivity index (χ0n) is 22.8. The molecule has 5 nitrogen and oxygen atoms in total. The van der Waals surface area contributed by atoms with Gasteiger partial charge in [-0.15, -0.1) is 0 Å². The van der Waals surface area contributed by atoms with Gasteiger partial charge in [0.15, 0.2) is 17.3 Å². The fourth-order valence-electron chi connectivity index (χ4n) is 5.98. The molecule has 43 heavy (non-hydrogen) atoms. The summed E-state index contributed by atoms with van der Waals surface area (Å²) in [6.45, 7) is 1.81. The van der Waals surface area contributed by atoms with E-state index >= 15 is 0 Å². The average Bonchev–Trinajstić information content (AvgIpc) is 3.26. The Morgan fingerprint density at radius 1 is 0.605 bits per heavy atom. The van der Waals surface area contributed by atoms with E-state index in [1.54, 1.807) is 79.7 Å². The minimum atomic E-state index is -2.11. The number of benzene rings is 4. The number of hydrogen-bond acceptors (Lipinski definition) is 5. The lowest BCUT2D eigenvalue weighted by atomic mass is 9.73. The minimum Gasteiger partial charge on any atom is -0.382 e. The number of rotatable bonds is 9. The van der Waals surface area contributed by atoms with Gasteiger partial charge in [-0.2, -0.15) is 0 Å². The molecule has 0 heterocycles. The van der Waals surface area contributed by atoms with Gasteiger partial charge >= 0.3 is 0 Å². The summed E-state index contributed by atoms with van der Waals surface area (Å²) >= 11 is 24.5. The van der Waals surface area contributed by atoms with Crippen LogP contribution in [0.25, 0.3) is 0 Å². The maximum Gasteiger partial charge on any atom is 0.170 e. The molecule has 1 aliphatic carbocycles. The molecule has 220 valence electrons. The molecule has 5 atom stereocenters. The topological polar surface area (TPSA) is 80.7 Å². The van der Waals surface area contributed by atoms with Crippen molar-refractivity contribution in [1.82, 2.24) is 0 Å². The second-order valence-corrected chi connectivity index (χ2v) is 12.1. The Bertz CT molecular complexity index is 1640. The largest absolute Gasteiger partial charge is 0.382 e. The van der Waals surface area contributed by atoms with Crippen LogP contribution in [0.4, 0.5) is 0 Å². The van der Waals surface area contributed by atoms with E-state index in [1.807, 2.05) is 0 Å². The molecule has 1 N–H and O–H groups in total. The SMILES string of the molecule is CCO[C@@H]1[C@H](C(=O)c2ccc(Cl)cc2)[C@@H](C(=O)c2ccc(Cl)cc2)[C@H](C(=O)c2ccc(Cl)cc2)[C@@]1(O)c1ccc(Cl)cc1. The van der Waals surface area contributed by atoms with Crippen LogP contribution >= 0.6 is 46.4 Å². The van der Waals surface area contributed by atoms with E-state index in [9.17, 15) is 19.5 Å². The van der Waals surface area contributed by atoms with E-state index in [0.29, 0.717) is 20.1 Å². The van der Waals surface area contributed by atoms with Crippen LogP contribution in [-0.2, 0) is 10.3 Å². The van der Waals surface area contributed by atoms with Crippen molar-refractivity contribution in [1.29, 1.82) is 0 Å². The third-order valence-electron chi connectivity index (χ3n) is 7.91. The first-order valence-electron chi connectivity index (χ1n) is 13.6. The maximum atomic E-state index is 14.5. The van der Waals surface area contributed by atoms with Gasteiger partial charge in [0.25, 0.3) is 0 Å². The molecule has 4 aromatic carbocycles. The van der Waals surface area contributed by atoms with E-state index < -0.39 is 46.8 Å². The number of ether oxygens (including phenoxy) is 1. The number of Topliss-reactive ketones (excluding diaryl/α,β-unsaturated/α-hetero) is 3. The lowest BCUT2D eigenvalue weighted by molar-refractivity contribution is -0.115. The van der Waals surface area contributed by atoms with E-state index in [0.717, 1.165) is 0 Å². The fourth-order valence-corrected chi connectivity index (χ4v) is 6.48. The predicted octanol–water partition coefficient (Wildman–Crippen LogP) is 8.40. The first kappa shape index (κ1) is 31.4. The monoisotopic (exact) mass is 654 g/mol. The summed E-state index contributed by atoms with van der Waals surface area (Å²) < 4.78 is 6.18. The van der Waals surface area contributed by atoms with Crippen LogP contribution < -0.4 is 0 Å². The lowest BCUT2D eigenvalue weighted by Crippen LogP contribution is -2.47. The minimum absolute atomic E-state index is 0.0919. The van der Waals surface area contributed by atoms with Gasteiger partial charge in [0.05, 0.1) is 11.8 Å². The number of carbonyl (C=O) groups is 3. The molecule has 1 fully saturated rings. The summed E-state index contributed by atoms with van der Waals surface area (Å²) in [5.74, 6) is -5.54. The van der Waals surface area contributed by atoms with Crippen LogP contribution in [0.5, 0.6) is 0 Å². The van der Waals surface area contributed by atoms with E-state index in [1.165, 1.54) is 24.3 Å². The molecule has 0 aliphatic heterocycles. The van der Waals surface area contributed by atoms with Gasteiger partial charge in [-0.1, -0.05) is 58.5 Å². The van der Waals surface area contributed by atoms with Crippen molar-refractivity contribution < 1.29 is 24.2 Å². The normalized spacial score (nSPS) is 23.2. The summed E-state index contributed by atoms with van der Waals surface area (Å²) in [6.07, 6.45) is -1.29. The number of ketones is 3. The van der Waals surface area contributed by atoms with Gasteiger partial charge in [-0.25, -0.2) is 0 Å². The Labute approximate surface area is 269 Å². The number of halogens is 4. The Hall–Kier alpha value is -3.03. The third-order valence-corrected chi connectivity index (χ3v) is 8.92. The van der Waals surface area contributed by atoms with Crippen LogP contribution in [0.15, 0.2) is 97.1 Å². The van der Waals surface area contributed by atoms with Gasteiger partial charge in [-0.3, -0.25) is 14.4 Å². The quantitative estimate of drug-likeness (QED) is 0.183. The van der Waals surface area contributed by atoms with Crippen LogP contribution in [0.1, 0.15) is 43.6 Å². The second kappa shape index (κ2) is 12.9. The number of carbonyl (C=O) groups excluding carboxylic acids is 3. The Kier molecular flexibility index (Phi) is 9.43. The van der Waals surface area contributed by atoms with Gasteiger partial charge in [0.2, 0.25) is 0 Å². The predicted molar refractivity (Wildman–Crippen MR) is 169 cm³/mol. The van der Waals surface area contributed by atoms with Crippen LogP contribution in [0, 0.1) is 17.8 Å². The van der Waals surface area contributed by atoms with E-state index in [-0.39, 0.29) is 28.9 Å². The van der Waals surface area contributed by atoms with Crippen LogP contribution in [0.2, 0.25) is 20.1 Å². The van der Waals surface area contributed by atoms with Crippen molar-refractivity contribution in [2.75, 3.05) is 6.61 Å². The average molecular weight is 656 g/mol. The zero-order valence-corrected chi connectivity index (χ0v) is 25.9. The van der Waals surface area contributed by atoms with Crippen molar-refractivity contribution >= 4 is 63.8 Å². The zero-order chi connectivity index (χ0) is 30.9. The van der Waals surface area contributed by atoms with Gasteiger partial charge in [-0.05, 0) is 97.4 Å². The van der Waals surface area contributed by atoms with E-state index in [2.05, 4.69) is 0 Å². The maximum absolute atomic E-state index is 14.5. The number of hydrogen-bond donors (Lipinski definition) is 1. The second-order valence-electron chi connectivity index (χ2n) is 10.4. The Balaban J connectivity index is 1.79. The third kappa shape index (κ3) is 6.03. The summed E-state index contributed by atoms with van der Waals surface area (Å²) in [7, 11) is 0. The Morgan fingerprint density at radius 2 is 0.953 bits per heavy atom. The summed E-state index contributed by atoms with van der Waals surface area (Å²) in [6, 6.07) is 24.9. The molecule has 4 aromatic rings. The molecule has 0 saturated heterocycles. The smallest absolute Gasteiger partial charge is 0.170 e. The molecular weight excluding hydrogens is 630 g/mol. The number of aliphatic hydroxyl groups is 1. The molecule has 0 aromatic heterocycles. The molecule has 0 bridgehead atoms. The summed E-state index contributed by atoms with van der Waals surface area (Å²) in [5.41, 5.74) is -1.14. The molecular formula is C34H26Cl4O5. The summed E-state index contributed by atoms with van der Waals surface area (Å²) in [4.78, 5) is 43.4. The standard InChI is InChI=1S/C34H26Cl4O5/c1-2-43-33-28(31(40)20-5-13-24(36)14-6-20)27(30(39)19-3-11-23(35)12-4-19)29(32(41)21-7-15-25(37)16-8-21)34(33,42)22-9-17-26(38)18-10-22/h3-18,27-29,33,42H,2H2,1H3/t27-,28+,29-,33-,34+/m1/s1. The first-order valence-corrected chi connectivity index (χ1v) is 15.1. The molecule has 1 aliphatic rings. The highest BCUT2D eigenvalue weighted by Crippen LogP contribution is 2.55. The molecule has 9 heteroatoms. The van der Waals surface area contributed by atoms with Crippen molar-refractivity contribution in [2.24, 2.45) is 17.8 Å². The van der Waals surface area contributed by atoms with Crippen molar-refractivity contribution in [2.45, 2.75) is 18.6 Å². The molecule has 1 saturated carbocycles. The van der Waals surface area contributed by atoms with E-state index in [4.69, 9.17) is 51.1 Å². The van der Waals surface area contributed by atoms with Crippen LogP contribution in [-0.4, -0.2) is 35.2 Å². The fraction of sp³-hybridized carbons (Fsp3) is 0.206. The van der Waals surface area contributed by atoms with Crippen molar-refractivity contribution in [3.8, 4) is 0 Å². The van der Waals surface area contributed by atoms with Crippen molar-refractivity contribution in [3.05, 3.63) is 139 Å². The lowest BCUT2D eigenvalue weighted by Gasteiger charge is -2.36. The highest BCUT2D eigenvalue weighted by molar-refractivity contribution is 6.31. The molecule has 0 unspecified atom stereocenters. The Morgan fingerprint density at radius 3 is 1.35 bits per heavy atom.